The van der Waals surface area contributed by atoms with Crippen molar-refractivity contribution >= 4 is 34.6 Å². The van der Waals surface area contributed by atoms with Crippen molar-refractivity contribution in [1.82, 2.24) is 4.98 Å². The number of carbonyl (C=O) groups is 2. The van der Waals surface area contributed by atoms with Crippen molar-refractivity contribution < 1.29 is 29.3 Å². The van der Waals surface area contributed by atoms with Gasteiger partial charge in [0.25, 0.3) is 0 Å². The number of cyclic esters (lactones) is 1. The zero-order chi connectivity index (χ0) is 30.3. The molecule has 0 fully saturated rings. The average molecular weight is 580 g/mol. The minimum absolute atomic E-state index is 0.00652. The topological polar surface area (TPSA) is 109 Å². The van der Waals surface area contributed by atoms with Crippen molar-refractivity contribution in [3.63, 3.8) is 0 Å². The minimum atomic E-state index is -0.857. The van der Waals surface area contributed by atoms with Gasteiger partial charge in [0.05, 0.1) is 5.56 Å². The molecule has 3 N–H and O–H groups in total. The van der Waals surface area contributed by atoms with Gasteiger partial charge in [-0.15, -0.1) is 0 Å². The van der Waals surface area contributed by atoms with Gasteiger partial charge in [0.1, 0.15) is 27.6 Å². The van der Waals surface area contributed by atoms with Crippen LogP contribution in [0.5, 0.6) is 5.75 Å². The fourth-order valence-corrected chi connectivity index (χ4v) is 6.24. The summed E-state index contributed by atoms with van der Waals surface area (Å²) in [5, 5.41) is 21.6. The second-order valence-electron chi connectivity index (χ2n) is 13.2. The molecule has 41 heavy (non-hydrogen) atoms. The molecule has 0 radical (unpaired) electrons. The number of aromatic hydroxyl groups is 1. The van der Waals surface area contributed by atoms with E-state index in [1.807, 2.05) is 58.9 Å². The lowest BCUT2D eigenvalue weighted by Gasteiger charge is -2.40. The summed E-state index contributed by atoms with van der Waals surface area (Å²) < 4.78 is 11.8. The summed E-state index contributed by atoms with van der Waals surface area (Å²) in [7, 11) is 0. The van der Waals surface area contributed by atoms with Gasteiger partial charge in [-0.05, 0) is 80.3 Å². The van der Waals surface area contributed by atoms with E-state index in [0.717, 1.165) is 21.5 Å². The van der Waals surface area contributed by atoms with Crippen LogP contribution in [0.1, 0.15) is 89.7 Å². The lowest BCUT2D eigenvalue weighted by atomic mass is 9.80. The number of nitrogens with one attached hydrogen (secondary N) is 1. The van der Waals surface area contributed by atoms with Gasteiger partial charge in [-0.2, -0.15) is 0 Å². The minimum Gasteiger partial charge on any atom is -0.511 e. The molecule has 0 amide bonds. The number of aliphatic hydroxyl groups is 1. The molecule has 7 nitrogen and oxygen atoms in total. The van der Waals surface area contributed by atoms with Gasteiger partial charge in [-0.1, -0.05) is 58.5 Å². The summed E-state index contributed by atoms with van der Waals surface area (Å²) >= 11 is 1.18. The number of aromatic nitrogens is 1. The third-order valence-electron chi connectivity index (χ3n) is 7.46. The highest BCUT2D eigenvalue weighted by molar-refractivity contribution is 8.04. The number of benzene rings is 2. The Labute approximate surface area is 246 Å². The number of carbonyl (C=O) groups excluding carboxylic acids is 2. The first kappa shape index (κ1) is 30.6. The van der Waals surface area contributed by atoms with Gasteiger partial charge in [-0.25, -0.2) is 9.59 Å². The Bertz CT molecular complexity index is 1490. The van der Waals surface area contributed by atoms with Crippen LogP contribution < -0.4 is 0 Å². The number of fused-ring (bicyclic) bond motifs is 1. The number of aryl methyl sites for hydroxylation is 1. The smallest absolute Gasteiger partial charge is 0.349 e. The van der Waals surface area contributed by atoms with E-state index in [2.05, 4.69) is 25.8 Å². The van der Waals surface area contributed by atoms with E-state index in [1.54, 1.807) is 18.3 Å². The quantitative estimate of drug-likeness (QED) is 0.244. The van der Waals surface area contributed by atoms with Gasteiger partial charge < -0.3 is 24.7 Å². The molecule has 0 bridgehead atoms. The molecular weight excluding hydrogens is 538 g/mol. The lowest BCUT2D eigenvalue weighted by molar-refractivity contribution is -0.164. The predicted octanol–water partition coefficient (Wildman–Crippen LogP) is 7.96. The first-order valence-corrected chi connectivity index (χ1v) is 14.8. The second-order valence-corrected chi connectivity index (χ2v) is 14.2. The molecule has 2 heterocycles. The normalized spacial score (nSPS) is 18.2. The van der Waals surface area contributed by atoms with E-state index < -0.39 is 23.1 Å². The molecule has 3 aromatic rings. The number of thioether (sulfide) groups is 1. The number of H-pyrrole nitrogens is 1. The average Bonchev–Trinajstić information content (AvgIpc) is 3.27. The van der Waals surface area contributed by atoms with Gasteiger partial charge in [0.2, 0.25) is 0 Å². The molecule has 0 saturated heterocycles. The zero-order valence-electron chi connectivity index (χ0n) is 25.2. The molecule has 1 aliphatic rings. The van der Waals surface area contributed by atoms with Crippen LogP contribution in [0.4, 0.5) is 0 Å². The number of hydrogen-bond donors (Lipinski definition) is 3. The Balaban J connectivity index is 1.69. The molecule has 0 aliphatic carbocycles. The van der Waals surface area contributed by atoms with Crippen molar-refractivity contribution in [2.75, 3.05) is 0 Å². The maximum absolute atomic E-state index is 13.5. The third kappa shape index (κ3) is 6.75. The monoisotopic (exact) mass is 579 g/mol. The number of phenols is 1. The summed E-state index contributed by atoms with van der Waals surface area (Å²) in [6.07, 6.45) is 3.02. The van der Waals surface area contributed by atoms with Crippen molar-refractivity contribution in [2.24, 2.45) is 5.92 Å². The van der Waals surface area contributed by atoms with E-state index in [4.69, 9.17) is 9.47 Å². The number of rotatable bonds is 7. The molecule has 8 heteroatoms. The number of hydrogen-bond acceptors (Lipinski definition) is 7. The van der Waals surface area contributed by atoms with E-state index in [-0.39, 0.29) is 34.2 Å². The van der Waals surface area contributed by atoms with Crippen molar-refractivity contribution in [1.29, 1.82) is 0 Å². The second kappa shape index (κ2) is 11.1. The highest BCUT2D eigenvalue weighted by Crippen LogP contribution is 2.46. The van der Waals surface area contributed by atoms with Crippen LogP contribution >= 0.6 is 11.8 Å². The van der Waals surface area contributed by atoms with Crippen LogP contribution in [0.3, 0.4) is 0 Å². The van der Waals surface area contributed by atoms with E-state index in [9.17, 15) is 19.8 Å². The molecule has 0 spiro atoms. The van der Waals surface area contributed by atoms with E-state index in [0.29, 0.717) is 23.8 Å². The molecule has 220 valence electrons. The van der Waals surface area contributed by atoms with Crippen LogP contribution in [-0.2, 0) is 26.1 Å². The first-order chi connectivity index (χ1) is 19.0. The highest BCUT2D eigenvalue weighted by atomic mass is 32.2. The molecule has 1 aliphatic heterocycles. The Morgan fingerprint density at radius 3 is 2.32 bits per heavy atom. The molecule has 1 unspecified atom stereocenters. The Hall–Kier alpha value is -3.39. The molecule has 4 rings (SSSR count). The van der Waals surface area contributed by atoms with Crippen LogP contribution in [0.15, 0.2) is 58.2 Å². The van der Waals surface area contributed by atoms with E-state index >= 15 is 0 Å². The molecule has 0 saturated carbocycles. The number of esters is 2. The molecular formula is C33H41NO6S. The predicted molar refractivity (Wildman–Crippen MR) is 162 cm³/mol. The molecule has 1 atom stereocenters. The summed E-state index contributed by atoms with van der Waals surface area (Å²) in [5.74, 6) is -0.816. The van der Waals surface area contributed by atoms with Crippen molar-refractivity contribution in [3.8, 4) is 5.75 Å². The molecule has 2 aromatic carbocycles. The SMILES string of the molecule is CC(C)C1(CCc2ccc(O)cc2)CC(O)=C(Sc2cc3c(C(=O)OC(C)(C)C)c[nH]c3cc2C(C)(C)C)C(=O)O1. The summed E-state index contributed by atoms with van der Waals surface area (Å²) in [5.41, 5.74) is 1.40. The largest absolute Gasteiger partial charge is 0.511 e. The summed E-state index contributed by atoms with van der Waals surface area (Å²) in [6, 6.07) is 10.9. The standard InChI is InChI=1S/C33H41NO6S/c1-19(2)33(14-13-20-9-11-21(35)12-10-20)17-26(36)28(30(38)40-33)41-27-15-22-23(29(37)39-32(6,7)8)18-34-25(22)16-24(27)31(3,4)5/h9-12,15-16,18-19,34-36H,13-14,17H2,1-8H3. The van der Waals surface area contributed by atoms with Crippen LogP contribution in [0, 0.1) is 5.92 Å². The fourth-order valence-electron chi connectivity index (χ4n) is 5.05. The Morgan fingerprint density at radius 2 is 1.76 bits per heavy atom. The van der Waals surface area contributed by atoms with Gasteiger partial charge in [0, 0.05) is 28.4 Å². The first-order valence-electron chi connectivity index (χ1n) is 14.0. The number of aromatic amines is 1. The summed E-state index contributed by atoms with van der Waals surface area (Å²) in [6.45, 7) is 15.7. The van der Waals surface area contributed by atoms with Gasteiger partial charge in [-0.3, -0.25) is 0 Å². The fraction of sp³-hybridized carbons (Fsp3) is 0.455. The van der Waals surface area contributed by atoms with Crippen LogP contribution in [-0.4, -0.2) is 38.3 Å². The number of phenolic OH excluding ortho intramolecular Hbond substituents is 1. The number of aliphatic hydroxyl groups excluding tert-OH is 1. The van der Waals surface area contributed by atoms with Gasteiger partial charge in [0.15, 0.2) is 0 Å². The van der Waals surface area contributed by atoms with Crippen LogP contribution in [0.2, 0.25) is 0 Å². The van der Waals surface area contributed by atoms with E-state index in [1.165, 1.54) is 11.8 Å². The maximum atomic E-state index is 13.5. The third-order valence-corrected chi connectivity index (χ3v) is 8.62. The molecule has 1 aromatic heterocycles. The lowest BCUT2D eigenvalue weighted by Crippen LogP contribution is -2.44. The highest BCUT2D eigenvalue weighted by Gasteiger charge is 2.44. The summed E-state index contributed by atoms with van der Waals surface area (Å²) in [4.78, 5) is 30.6. The van der Waals surface area contributed by atoms with Crippen LogP contribution in [0.25, 0.3) is 10.9 Å². The number of ether oxygens (including phenoxy) is 2. The zero-order valence-corrected chi connectivity index (χ0v) is 26.0. The Kier molecular flexibility index (Phi) is 8.29. The Morgan fingerprint density at radius 1 is 1.10 bits per heavy atom. The van der Waals surface area contributed by atoms with Crippen molar-refractivity contribution in [3.05, 3.63) is 69.9 Å². The van der Waals surface area contributed by atoms with Gasteiger partial charge >= 0.3 is 11.9 Å². The van der Waals surface area contributed by atoms with Crippen molar-refractivity contribution in [2.45, 2.75) is 96.2 Å². The maximum Gasteiger partial charge on any atom is 0.349 e.